The molecule has 0 fully saturated rings. The fraction of sp³-hybridized carbons (Fsp3) is 0.300. The average molecular weight is 215 g/mol. The second-order valence-electron chi connectivity index (χ2n) is 2.99. The van der Waals surface area contributed by atoms with E-state index >= 15 is 0 Å². The van der Waals surface area contributed by atoms with Crippen LogP contribution in [0.2, 0.25) is 5.02 Å². The molecule has 0 aliphatic carbocycles. The first-order chi connectivity index (χ1) is 6.49. The van der Waals surface area contributed by atoms with Crippen LogP contribution >= 0.6 is 11.6 Å². The minimum Gasteiger partial charge on any atom is -0.503 e. The van der Waals surface area contributed by atoms with E-state index in [0.717, 1.165) is 0 Å². The number of benzene rings is 1. The van der Waals surface area contributed by atoms with E-state index in [1.165, 1.54) is 14.0 Å². The number of Topliss-reactive ketones (excluding diaryl/α,β-unsaturated/α-hetero) is 1. The van der Waals surface area contributed by atoms with Crippen LogP contribution in [0.15, 0.2) is 6.07 Å². The molecule has 4 heteroatoms. The Morgan fingerprint density at radius 2 is 2.14 bits per heavy atom. The first-order valence-electron chi connectivity index (χ1n) is 4.06. The summed E-state index contributed by atoms with van der Waals surface area (Å²) in [6.45, 7) is 3.14. The number of carbonyl (C=O) groups is 1. The molecule has 3 nitrogen and oxygen atoms in total. The van der Waals surface area contributed by atoms with Crippen molar-refractivity contribution in [2.45, 2.75) is 13.8 Å². The Kier molecular flexibility index (Phi) is 3.01. The third-order valence-electron chi connectivity index (χ3n) is 1.97. The molecule has 0 atom stereocenters. The highest BCUT2D eigenvalue weighted by atomic mass is 35.5. The van der Waals surface area contributed by atoms with E-state index in [1.54, 1.807) is 13.0 Å². The van der Waals surface area contributed by atoms with Gasteiger partial charge in [0.2, 0.25) is 0 Å². The topological polar surface area (TPSA) is 46.5 Å². The van der Waals surface area contributed by atoms with E-state index in [1.807, 2.05) is 0 Å². The smallest absolute Gasteiger partial charge is 0.177 e. The first-order valence-corrected chi connectivity index (χ1v) is 4.43. The van der Waals surface area contributed by atoms with Gasteiger partial charge in [-0.1, -0.05) is 11.6 Å². The zero-order chi connectivity index (χ0) is 10.9. The summed E-state index contributed by atoms with van der Waals surface area (Å²) in [5.41, 5.74) is 1.03. The zero-order valence-corrected chi connectivity index (χ0v) is 8.97. The number of hydrogen-bond donors (Lipinski definition) is 1. The predicted octanol–water partition coefficient (Wildman–Crippen LogP) is 2.57. The van der Waals surface area contributed by atoms with Crippen molar-refractivity contribution in [1.82, 2.24) is 0 Å². The van der Waals surface area contributed by atoms with Crippen molar-refractivity contribution in [2.24, 2.45) is 0 Å². The molecule has 0 unspecified atom stereocenters. The number of phenols is 1. The SMILES string of the molecule is COc1cc(C)c(C(C)=O)c(Cl)c1O. The molecule has 0 aliphatic heterocycles. The van der Waals surface area contributed by atoms with Crippen molar-refractivity contribution in [3.05, 3.63) is 22.2 Å². The minimum atomic E-state index is -0.190. The molecule has 14 heavy (non-hydrogen) atoms. The third-order valence-corrected chi connectivity index (χ3v) is 2.34. The maximum Gasteiger partial charge on any atom is 0.177 e. The fourth-order valence-corrected chi connectivity index (χ4v) is 1.70. The van der Waals surface area contributed by atoms with Crippen molar-refractivity contribution in [3.63, 3.8) is 0 Å². The molecule has 0 saturated carbocycles. The van der Waals surface area contributed by atoms with E-state index in [-0.39, 0.29) is 22.3 Å². The third kappa shape index (κ3) is 1.68. The molecule has 0 aliphatic rings. The molecule has 1 aromatic rings. The Hall–Kier alpha value is -1.22. The summed E-state index contributed by atoms with van der Waals surface area (Å²) in [4.78, 5) is 11.2. The van der Waals surface area contributed by atoms with Crippen molar-refractivity contribution in [2.75, 3.05) is 7.11 Å². The van der Waals surface area contributed by atoms with Gasteiger partial charge >= 0.3 is 0 Å². The molecular weight excluding hydrogens is 204 g/mol. The van der Waals surface area contributed by atoms with Gasteiger partial charge in [-0.2, -0.15) is 0 Å². The molecule has 0 saturated heterocycles. The van der Waals surface area contributed by atoms with Crippen LogP contribution in [-0.4, -0.2) is 18.0 Å². The van der Waals surface area contributed by atoms with Crippen molar-refractivity contribution >= 4 is 17.4 Å². The Bertz CT molecular complexity index is 385. The van der Waals surface area contributed by atoms with Crippen LogP contribution in [0.25, 0.3) is 0 Å². The monoisotopic (exact) mass is 214 g/mol. The number of aromatic hydroxyl groups is 1. The molecule has 1 aromatic carbocycles. The van der Waals surface area contributed by atoms with Crippen LogP contribution in [0, 0.1) is 6.92 Å². The van der Waals surface area contributed by atoms with Crippen LogP contribution in [-0.2, 0) is 0 Å². The molecule has 1 N–H and O–H groups in total. The molecule has 0 bridgehead atoms. The normalized spacial score (nSPS) is 10.0. The van der Waals surface area contributed by atoms with E-state index < -0.39 is 0 Å². The van der Waals surface area contributed by atoms with Gasteiger partial charge in [-0.15, -0.1) is 0 Å². The number of ketones is 1. The molecule has 0 radical (unpaired) electrons. The van der Waals surface area contributed by atoms with Gasteiger partial charge in [-0.05, 0) is 25.5 Å². The lowest BCUT2D eigenvalue weighted by Gasteiger charge is -2.10. The standard InChI is InChI=1S/C10H11ClO3/c1-5-4-7(14-3)10(13)9(11)8(5)6(2)12/h4,13H,1-3H3. The number of aryl methyl sites for hydroxylation is 1. The Balaban J connectivity index is 3.49. The fourth-order valence-electron chi connectivity index (χ4n) is 1.32. The number of carbonyl (C=O) groups excluding carboxylic acids is 1. The van der Waals surface area contributed by atoms with Gasteiger partial charge in [0.15, 0.2) is 17.3 Å². The van der Waals surface area contributed by atoms with Gasteiger partial charge in [0.05, 0.1) is 12.1 Å². The summed E-state index contributed by atoms with van der Waals surface area (Å²) in [5, 5.41) is 9.59. The summed E-state index contributed by atoms with van der Waals surface area (Å²) < 4.78 is 4.90. The highest BCUT2D eigenvalue weighted by Crippen LogP contribution is 2.38. The van der Waals surface area contributed by atoms with Gasteiger partial charge in [0.25, 0.3) is 0 Å². The van der Waals surface area contributed by atoms with E-state index in [0.29, 0.717) is 11.1 Å². The van der Waals surface area contributed by atoms with Crippen molar-refractivity contribution < 1.29 is 14.6 Å². The summed E-state index contributed by atoms with van der Waals surface area (Å²) in [7, 11) is 1.43. The minimum absolute atomic E-state index is 0.0503. The predicted molar refractivity (Wildman–Crippen MR) is 54.4 cm³/mol. The molecule has 0 aromatic heterocycles. The van der Waals surface area contributed by atoms with Gasteiger partial charge in [-0.25, -0.2) is 0 Å². The highest BCUT2D eigenvalue weighted by molar-refractivity contribution is 6.35. The van der Waals surface area contributed by atoms with E-state index in [2.05, 4.69) is 0 Å². The Morgan fingerprint density at radius 3 is 2.57 bits per heavy atom. The highest BCUT2D eigenvalue weighted by Gasteiger charge is 2.17. The molecule has 76 valence electrons. The van der Waals surface area contributed by atoms with Crippen molar-refractivity contribution in [1.29, 1.82) is 0 Å². The maximum absolute atomic E-state index is 11.2. The molecule has 1 rings (SSSR count). The van der Waals surface area contributed by atoms with Crippen LogP contribution in [0.4, 0.5) is 0 Å². The molecule has 0 amide bonds. The number of hydrogen-bond acceptors (Lipinski definition) is 3. The van der Waals surface area contributed by atoms with E-state index in [4.69, 9.17) is 16.3 Å². The number of ether oxygens (including phenoxy) is 1. The molecule has 0 spiro atoms. The van der Waals surface area contributed by atoms with Gasteiger partial charge in [0, 0.05) is 5.56 Å². The van der Waals surface area contributed by atoms with Crippen LogP contribution in [0.5, 0.6) is 11.5 Å². The molecular formula is C10H11ClO3. The quantitative estimate of drug-likeness (QED) is 0.770. The van der Waals surface area contributed by atoms with E-state index in [9.17, 15) is 9.90 Å². The average Bonchev–Trinajstić information content (AvgIpc) is 2.10. The first kappa shape index (κ1) is 10.9. The lowest BCUT2D eigenvalue weighted by molar-refractivity contribution is 0.101. The van der Waals surface area contributed by atoms with Crippen molar-refractivity contribution in [3.8, 4) is 11.5 Å². The summed E-state index contributed by atoms with van der Waals surface area (Å²) in [6, 6.07) is 1.58. The lowest BCUT2D eigenvalue weighted by atomic mass is 10.0. The summed E-state index contributed by atoms with van der Waals surface area (Å²) in [5.74, 6) is -0.0899. The second kappa shape index (κ2) is 3.88. The lowest BCUT2D eigenvalue weighted by Crippen LogP contribution is -1.99. The largest absolute Gasteiger partial charge is 0.503 e. The number of halogens is 1. The second-order valence-corrected chi connectivity index (χ2v) is 3.37. The number of rotatable bonds is 2. The maximum atomic E-state index is 11.2. The summed E-state index contributed by atoms with van der Waals surface area (Å²) in [6.07, 6.45) is 0. The van der Waals surface area contributed by atoms with Crippen LogP contribution in [0.1, 0.15) is 22.8 Å². The number of phenolic OH excluding ortho intramolecular Hbond substituents is 1. The van der Waals surface area contributed by atoms with Gasteiger partial charge in [0.1, 0.15) is 0 Å². The van der Waals surface area contributed by atoms with Crippen LogP contribution in [0.3, 0.4) is 0 Å². The molecule has 0 heterocycles. The summed E-state index contributed by atoms with van der Waals surface area (Å²) >= 11 is 5.83. The number of methoxy groups -OCH3 is 1. The van der Waals surface area contributed by atoms with Crippen LogP contribution < -0.4 is 4.74 Å². The Morgan fingerprint density at radius 1 is 1.57 bits per heavy atom. The van der Waals surface area contributed by atoms with Gasteiger partial charge < -0.3 is 9.84 Å². The van der Waals surface area contributed by atoms with Gasteiger partial charge in [-0.3, -0.25) is 4.79 Å². The Labute approximate surface area is 87.3 Å². The zero-order valence-electron chi connectivity index (χ0n) is 8.22.